The molecule has 0 saturated carbocycles. The standard InChI is InChI=1S/C11H11N7/c1-6-2-7(4-13-3-6)16-10-8-9(15-5-14-8)17-11(12)18-10/h2-5H,1H3,(H4,12,14,15,16,17,18). The molecule has 3 rings (SSSR count). The van der Waals surface area contributed by atoms with E-state index in [1.165, 1.54) is 0 Å². The van der Waals surface area contributed by atoms with Crippen LogP contribution in [0, 0.1) is 6.92 Å². The molecule has 0 unspecified atom stereocenters. The highest BCUT2D eigenvalue weighted by atomic mass is 15.1. The van der Waals surface area contributed by atoms with Crippen molar-refractivity contribution in [2.75, 3.05) is 11.1 Å². The molecule has 4 N–H and O–H groups in total. The van der Waals surface area contributed by atoms with Gasteiger partial charge >= 0.3 is 0 Å². The van der Waals surface area contributed by atoms with Crippen LogP contribution in [0.3, 0.4) is 0 Å². The van der Waals surface area contributed by atoms with Gasteiger partial charge in [-0.15, -0.1) is 0 Å². The summed E-state index contributed by atoms with van der Waals surface area (Å²) in [7, 11) is 0. The first kappa shape index (κ1) is 10.5. The molecule has 0 radical (unpaired) electrons. The lowest BCUT2D eigenvalue weighted by Gasteiger charge is -2.06. The highest BCUT2D eigenvalue weighted by Gasteiger charge is 2.08. The quantitative estimate of drug-likeness (QED) is 0.626. The fraction of sp³-hybridized carbons (Fsp3) is 0.0909. The zero-order chi connectivity index (χ0) is 12.5. The molecule has 0 spiro atoms. The average Bonchev–Trinajstić information content (AvgIpc) is 2.77. The number of aromatic nitrogens is 5. The van der Waals surface area contributed by atoms with Crippen molar-refractivity contribution in [3.63, 3.8) is 0 Å². The number of nitrogens with one attached hydrogen (secondary N) is 2. The molecule has 0 amide bonds. The molecule has 3 aromatic rings. The highest BCUT2D eigenvalue weighted by molar-refractivity contribution is 5.85. The second-order valence-electron chi connectivity index (χ2n) is 3.91. The summed E-state index contributed by atoms with van der Waals surface area (Å²) in [6, 6.07) is 1.97. The minimum absolute atomic E-state index is 0.178. The van der Waals surface area contributed by atoms with Gasteiger partial charge in [-0.3, -0.25) is 4.98 Å². The van der Waals surface area contributed by atoms with Crippen molar-refractivity contribution in [1.82, 2.24) is 24.9 Å². The van der Waals surface area contributed by atoms with Gasteiger partial charge in [-0.2, -0.15) is 9.97 Å². The Hall–Kier alpha value is -2.70. The second-order valence-corrected chi connectivity index (χ2v) is 3.91. The molecule has 0 atom stereocenters. The molecule has 90 valence electrons. The third-order valence-electron chi connectivity index (χ3n) is 2.44. The second kappa shape index (κ2) is 3.95. The molecule has 0 aliphatic carbocycles. The van der Waals surface area contributed by atoms with E-state index in [0.717, 1.165) is 11.3 Å². The molecule has 7 nitrogen and oxygen atoms in total. The van der Waals surface area contributed by atoms with Crippen molar-refractivity contribution in [3.05, 3.63) is 30.4 Å². The zero-order valence-corrected chi connectivity index (χ0v) is 9.68. The number of anilines is 3. The number of nitrogen functional groups attached to an aromatic ring is 1. The topological polar surface area (TPSA) is 105 Å². The lowest BCUT2D eigenvalue weighted by molar-refractivity contribution is 1.20. The number of aryl methyl sites for hydroxylation is 1. The Balaban J connectivity index is 2.06. The van der Waals surface area contributed by atoms with E-state index in [0.29, 0.717) is 17.0 Å². The molecular formula is C11H11N7. The smallest absolute Gasteiger partial charge is 0.224 e. The number of H-pyrrole nitrogens is 1. The Kier molecular flexibility index (Phi) is 2.30. The summed E-state index contributed by atoms with van der Waals surface area (Å²) >= 11 is 0. The molecular weight excluding hydrogens is 230 g/mol. The van der Waals surface area contributed by atoms with Gasteiger partial charge in [0.1, 0.15) is 5.52 Å². The molecule has 0 aromatic carbocycles. The third-order valence-corrected chi connectivity index (χ3v) is 2.44. The summed E-state index contributed by atoms with van der Waals surface area (Å²) in [6.07, 6.45) is 5.05. The summed E-state index contributed by atoms with van der Waals surface area (Å²) in [4.78, 5) is 19.3. The van der Waals surface area contributed by atoms with Crippen LogP contribution in [0.4, 0.5) is 17.5 Å². The van der Waals surface area contributed by atoms with E-state index in [1.807, 2.05) is 13.0 Å². The minimum Gasteiger partial charge on any atom is -0.368 e. The largest absolute Gasteiger partial charge is 0.368 e. The molecule has 0 aliphatic heterocycles. The predicted molar refractivity (Wildman–Crippen MR) is 68.4 cm³/mol. The Morgan fingerprint density at radius 3 is 3.00 bits per heavy atom. The number of rotatable bonds is 2. The van der Waals surface area contributed by atoms with Crippen LogP contribution >= 0.6 is 0 Å². The third kappa shape index (κ3) is 1.81. The summed E-state index contributed by atoms with van der Waals surface area (Å²) in [5.74, 6) is 0.764. The Bertz CT molecular complexity index is 703. The molecule has 0 fully saturated rings. The maximum Gasteiger partial charge on any atom is 0.224 e. The van der Waals surface area contributed by atoms with Gasteiger partial charge in [-0.1, -0.05) is 0 Å². The van der Waals surface area contributed by atoms with Crippen molar-refractivity contribution in [2.45, 2.75) is 6.92 Å². The number of pyridine rings is 1. The molecule has 3 aromatic heterocycles. The van der Waals surface area contributed by atoms with Gasteiger partial charge in [0, 0.05) is 6.20 Å². The average molecular weight is 241 g/mol. The zero-order valence-electron chi connectivity index (χ0n) is 9.68. The number of nitrogens with zero attached hydrogens (tertiary/aromatic N) is 4. The van der Waals surface area contributed by atoms with E-state index >= 15 is 0 Å². The monoisotopic (exact) mass is 241 g/mol. The van der Waals surface area contributed by atoms with Gasteiger partial charge in [0.2, 0.25) is 5.95 Å². The Labute approximate surface area is 103 Å². The fourth-order valence-corrected chi connectivity index (χ4v) is 1.70. The van der Waals surface area contributed by atoms with Crippen LogP contribution in [0.1, 0.15) is 5.56 Å². The highest BCUT2D eigenvalue weighted by Crippen LogP contribution is 2.21. The van der Waals surface area contributed by atoms with Crippen molar-refractivity contribution < 1.29 is 0 Å². The van der Waals surface area contributed by atoms with Gasteiger partial charge in [0.25, 0.3) is 0 Å². The Morgan fingerprint density at radius 1 is 1.28 bits per heavy atom. The van der Waals surface area contributed by atoms with Crippen LogP contribution in [0.5, 0.6) is 0 Å². The van der Waals surface area contributed by atoms with E-state index in [-0.39, 0.29) is 5.95 Å². The van der Waals surface area contributed by atoms with Crippen molar-refractivity contribution in [2.24, 2.45) is 0 Å². The lowest BCUT2D eigenvalue weighted by atomic mass is 10.3. The number of hydrogen-bond donors (Lipinski definition) is 3. The maximum atomic E-state index is 5.64. The van der Waals surface area contributed by atoms with Crippen LogP contribution in [0.2, 0.25) is 0 Å². The minimum atomic E-state index is 0.178. The molecule has 0 saturated heterocycles. The summed E-state index contributed by atoms with van der Waals surface area (Å²) in [5.41, 5.74) is 8.78. The first-order chi connectivity index (χ1) is 8.72. The normalized spacial score (nSPS) is 10.7. The van der Waals surface area contributed by atoms with Gasteiger partial charge < -0.3 is 16.0 Å². The lowest BCUT2D eigenvalue weighted by Crippen LogP contribution is -2.01. The van der Waals surface area contributed by atoms with E-state index < -0.39 is 0 Å². The molecule has 0 bridgehead atoms. The van der Waals surface area contributed by atoms with Crippen LogP contribution in [-0.4, -0.2) is 24.9 Å². The van der Waals surface area contributed by atoms with E-state index in [9.17, 15) is 0 Å². The summed E-state index contributed by atoms with van der Waals surface area (Å²) in [6.45, 7) is 1.97. The molecule has 3 heterocycles. The van der Waals surface area contributed by atoms with E-state index in [4.69, 9.17) is 5.73 Å². The molecule has 18 heavy (non-hydrogen) atoms. The molecule has 7 heteroatoms. The summed E-state index contributed by atoms with van der Waals surface area (Å²) < 4.78 is 0. The Morgan fingerprint density at radius 2 is 2.17 bits per heavy atom. The maximum absolute atomic E-state index is 5.64. The van der Waals surface area contributed by atoms with Gasteiger partial charge in [0.05, 0.1) is 18.2 Å². The number of fused-ring (bicyclic) bond motifs is 1. The van der Waals surface area contributed by atoms with E-state index in [1.54, 1.807) is 18.7 Å². The predicted octanol–water partition coefficient (Wildman–Crippen LogP) is 1.38. The van der Waals surface area contributed by atoms with Crippen LogP contribution in [0.25, 0.3) is 11.2 Å². The number of hydrogen-bond acceptors (Lipinski definition) is 6. The number of nitrogens with two attached hydrogens (primary N) is 1. The number of imidazole rings is 1. The number of aromatic amines is 1. The molecule has 0 aliphatic rings. The van der Waals surface area contributed by atoms with Crippen molar-refractivity contribution >= 4 is 28.6 Å². The van der Waals surface area contributed by atoms with Gasteiger partial charge in [0.15, 0.2) is 11.5 Å². The van der Waals surface area contributed by atoms with Gasteiger partial charge in [-0.25, -0.2) is 4.98 Å². The SMILES string of the molecule is Cc1cncc(Nc2nc(N)nc3nc[nH]c23)c1. The van der Waals surface area contributed by atoms with E-state index in [2.05, 4.69) is 30.2 Å². The fourth-order valence-electron chi connectivity index (χ4n) is 1.70. The van der Waals surface area contributed by atoms with Crippen LogP contribution in [0.15, 0.2) is 24.8 Å². The van der Waals surface area contributed by atoms with Crippen molar-refractivity contribution in [3.8, 4) is 0 Å². The first-order valence-corrected chi connectivity index (χ1v) is 5.37. The van der Waals surface area contributed by atoms with Crippen molar-refractivity contribution in [1.29, 1.82) is 0 Å². The van der Waals surface area contributed by atoms with Crippen LogP contribution < -0.4 is 11.1 Å². The van der Waals surface area contributed by atoms with Crippen LogP contribution in [-0.2, 0) is 0 Å². The first-order valence-electron chi connectivity index (χ1n) is 5.37. The van der Waals surface area contributed by atoms with Gasteiger partial charge in [-0.05, 0) is 18.6 Å². The summed E-state index contributed by atoms with van der Waals surface area (Å²) in [5, 5.41) is 3.15.